The fraction of sp³-hybridized carbons (Fsp3) is 0.429. The Balaban J connectivity index is 1.73. The summed E-state index contributed by atoms with van der Waals surface area (Å²) in [7, 11) is 1.80. The number of hydrogen-bond acceptors (Lipinski definition) is 4. The lowest BCUT2D eigenvalue weighted by Crippen LogP contribution is -2.26. The van der Waals surface area contributed by atoms with E-state index >= 15 is 0 Å². The van der Waals surface area contributed by atoms with Crippen LogP contribution in [-0.2, 0) is 17.8 Å². The maximum atomic E-state index is 12.0. The summed E-state index contributed by atoms with van der Waals surface area (Å²) in [5.74, 6) is 0.922. The highest BCUT2D eigenvalue weighted by molar-refractivity contribution is 7.09. The summed E-state index contributed by atoms with van der Waals surface area (Å²) in [4.78, 5) is 15.0. The summed E-state index contributed by atoms with van der Waals surface area (Å²) in [5.41, 5.74) is 0.798. The molecule has 0 radical (unpaired) electrons. The first-order chi connectivity index (χ1) is 9.15. The minimum Gasteiger partial charge on any atom is -0.361 e. The van der Waals surface area contributed by atoms with Crippen LogP contribution >= 0.6 is 11.3 Å². The molecule has 0 aliphatic heterocycles. The van der Waals surface area contributed by atoms with E-state index in [1.165, 1.54) is 4.88 Å². The Labute approximate surface area is 117 Å². The Morgan fingerprint density at radius 2 is 2.37 bits per heavy atom. The molecule has 0 aliphatic carbocycles. The van der Waals surface area contributed by atoms with E-state index in [-0.39, 0.29) is 5.91 Å². The van der Waals surface area contributed by atoms with Gasteiger partial charge in [-0.2, -0.15) is 0 Å². The fourth-order valence-electron chi connectivity index (χ4n) is 1.88. The molecule has 0 N–H and O–H groups in total. The third-order valence-corrected chi connectivity index (χ3v) is 3.83. The zero-order chi connectivity index (χ0) is 13.7. The van der Waals surface area contributed by atoms with Gasteiger partial charge >= 0.3 is 0 Å². The molecule has 0 bridgehead atoms. The first-order valence-corrected chi connectivity index (χ1v) is 7.21. The van der Waals surface area contributed by atoms with Gasteiger partial charge in [0, 0.05) is 24.4 Å². The number of rotatable bonds is 6. The monoisotopic (exact) mass is 278 g/mol. The number of aryl methyl sites for hydroxylation is 2. The molecule has 2 rings (SSSR count). The van der Waals surface area contributed by atoms with Crippen LogP contribution in [0.3, 0.4) is 0 Å². The number of nitrogens with zero attached hydrogens (tertiary/aromatic N) is 2. The van der Waals surface area contributed by atoms with Gasteiger partial charge in [-0.25, -0.2) is 0 Å². The Kier molecular flexibility index (Phi) is 4.74. The molecule has 4 nitrogen and oxygen atoms in total. The first-order valence-electron chi connectivity index (χ1n) is 6.33. The van der Waals surface area contributed by atoms with Crippen molar-refractivity contribution in [2.75, 3.05) is 7.05 Å². The molecular formula is C14H18N2O2S. The average molecular weight is 278 g/mol. The van der Waals surface area contributed by atoms with Crippen molar-refractivity contribution in [1.82, 2.24) is 10.1 Å². The highest BCUT2D eigenvalue weighted by Gasteiger charge is 2.11. The maximum Gasteiger partial charge on any atom is 0.222 e. The van der Waals surface area contributed by atoms with E-state index in [2.05, 4.69) is 16.6 Å². The molecule has 0 unspecified atom stereocenters. The molecule has 2 heterocycles. The minimum absolute atomic E-state index is 0.150. The van der Waals surface area contributed by atoms with E-state index in [0.29, 0.717) is 13.0 Å². The lowest BCUT2D eigenvalue weighted by Gasteiger charge is -2.15. The SMILES string of the molecule is Cc1cc(CN(C)C(=O)CCCc2cccs2)no1. The van der Waals surface area contributed by atoms with Gasteiger partial charge in [-0.1, -0.05) is 11.2 Å². The van der Waals surface area contributed by atoms with Crippen molar-refractivity contribution in [2.24, 2.45) is 0 Å². The summed E-state index contributed by atoms with van der Waals surface area (Å²) >= 11 is 1.74. The number of hydrogen-bond donors (Lipinski definition) is 0. The van der Waals surface area contributed by atoms with Crippen LogP contribution in [0.1, 0.15) is 29.2 Å². The lowest BCUT2D eigenvalue weighted by molar-refractivity contribution is -0.130. The predicted octanol–water partition coefficient (Wildman–Crippen LogP) is 3.03. The molecule has 0 saturated carbocycles. The second kappa shape index (κ2) is 6.52. The maximum absolute atomic E-state index is 12.0. The normalized spacial score (nSPS) is 10.6. The molecule has 0 atom stereocenters. The summed E-state index contributed by atoms with van der Waals surface area (Å²) in [6.45, 7) is 2.36. The molecule has 0 fully saturated rings. The second-order valence-corrected chi connectivity index (χ2v) is 5.64. The van der Waals surface area contributed by atoms with Crippen molar-refractivity contribution in [3.63, 3.8) is 0 Å². The quantitative estimate of drug-likeness (QED) is 0.816. The van der Waals surface area contributed by atoms with Gasteiger partial charge in [-0.3, -0.25) is 4.79 Å². The highest BCUT2D eigenvalue weighted by Crippen LogP contribution is 2.13. The van der Waals surface area contributed by atoms with Gasteiger partial charge in [0.15, 0.2) is 0 Å². The Morgan fingerprint density at radius 3 is 3.00 bits per heavy atom. The van der Waals surface area contributed by atoms with Crippen LogP contribution in [-0.4, -0.2) is 23.0 Å². The number of aromatic nitrogens is 1. The van der Waals surface area contributed by atoms with E-state index in [0.717, 1.165) is 24.3 Å². The van der Waals surface area contributed by atoms with Gasteiger partial charge < -0.3 is 9.42 Å². The molecule has 2 aromatic heterocycles. The van der Waals surface area contributed by atoms with Crippen molar-refractivity contribution in [1.29, 1.82) is 0 Å². The largest absolute Gasteiger partial charge is 0.361 e. The van der Waals surface area contributed by atoms with Gasteiger partial charge in [0.1, 0.15) is 11.5 Å². The second-order valence-electron chi connectivity index (χ2n) is 4.61. The standard InChI is InChI=1S/C14H18N2O2S/c1-11-9-12(15-18-11)10-16(2)14(17)7-3-5-13-6-4-8-19-13/h4,6,8-9H,3,5,7,10H2,1-2H3. The van der Waals surface area contributed by atoms with Crippen LogP contribution < -0.4 is 0 Å². The lowest BCUT2D eigenvalue weighted by atomic mass is 10.2. The molecule has 0 aromatic carbocycles. The Hall–Kier alpha value is -1.62. The molecule has 0 spiro atoms. The molecule has 0 saturated heterocycles. The third kappa shape index (κ3) is 4.21. The van der Waals surface area contributed by atoms with Gasteiger partial charge in [0.25, 0.3) is 0 Å². The van der Waals surface area contributed by atoms with Gasteiger partial charge in [-0.05, 0) is 31.2 Å². The van der Waals surface area contributed by atoms with Crippen molar-refractivity contribution in [3.8, 4) is 0 Å². The van der Waals surface area contributed by atoms with E-state index in [1.54, 1.807) is 23.3 Å². The van der Waals surface area contributed by atoms with Gasteiger partial charge in [0.05, 0.1) is 6.54 Å². The van der Waals surface area contributed by atoms with Crippen molar-refractivity contribution in [2.45, 2.75) is 32.7 Å². The number of carbonyl (C=O) groups excluding carboxylic acids is 1. The van der Waals surface area contributed by atoms with Gasteiger partial charge in [0.2, 0.25) is 5.91 Å². The zero-order valence-electron chi connectivity index (χ0n) is 11.3. The molecule has 5 heteroatoms. The van der Waals surface area contributed by atoms with E-state index in [9.17, 15) is 4.79 Å². The molecule has 0 aliphatic rings. The third-order valence-electron chi connectivity index (χ3n) is 2.90. The molecule has 102 valence electrons. The van der Waals surface area contributed by atoms with E-state index in [4.69, 9.17) is 4.52 Å². The smallest absolute Gasteiger partial charge is 0.222 e. The number of amides is 1. The summed E-state index contributed by atoms with van der Waals surface area (Å²) in [5, 5.41) is 5.96. The summed E-state index contributed by atoms with van der Waals surface area (Å²) in [6, 6.07) is 6.01. The molecular weight excluding hydrogens is 260 g/mol. The zero-order valence-corrected chi connectivity index (χ0v) is 12.1. The van der Waals surface area contributed by atoms with Crippen LogP contribution in [0.2, 0.25) is 0 Å². The van der Waals surface area contributed by atoms with Gasteiger partial charge in [-0.15, -0.1) is 11.3 Å². The van der Waals surface area contributed by atoms with Crippen LogP contribution in [0.4, 0.5) is 0 Å². The Bertz CT molecular complexity index is 519. The van der Waals surface area contributed by atoms with Crippen LogP contribution in [0.15, 0.2) is 28.1 Å². The topological polar surface area (TPSA) is 46.3 Å². The van der Waals surface area contributed by atoms with Crippen LogP contribution in [0, 0.1) is 6.92 Å². The van der Waals surface area contributed by atoms with Crippen molar-refractivity contribution in [3.05, 3.63) is 39.9 Å². The molecule has 1 amide bonds. The van der Waals surface area contributed by atoms with E-state index in [1.807, 2.05) is 19.1 Å². The highest BCUT2D eigenvalue weighted by atomic mass is 32.1. The first kappa shape index (κ1) is 13.8. The van der Waals surface area contributed by atoms with E-state index < -0.39 is 0 Å². The van der Waals surface area contributed by atoms with Crippen LogP contribution in [0.25, 0.3) is 0 Å². The number of thiophene rings is 1. The van der Waals surface area contributed by atoms with Crippen molar-refractivity contribution < 1.29 is 9.32 Å². The summed E-state index contributed by atoms with van der Waals surface area (Å²) < 4.78 is 4.99. The predicted molar refractivity (Wildman–Crippen MR) is 75.0 cm³/mol. The minimum atomic E-state index is 0.150. The van der Waals surface area contributed by atoms with Crippen LogP contribution in [0.5, 0.6) is 0 Å². The molecule has 2 aromatic rings. The molecule has 19 heavy (non-hydrogen) atoms. The average Bonchev–Trinajstić information content (AvgIpc) is 3.01. The summed E-state index contributed by atoms with van der Waals surface area (Å²) in [6.07, 6.45) is 2.44. The number of carbonyl (C=O) groups is 1. The van der Waals surface area contributed by atoms with Crippen molar-refractivity contribution >= 4 is 17.2 Å². The Morgan fingerprint density at radius 1 is 1.53 bits per heavy atom. The fourth-order valence-corrected chi connectivity index (χ4v) is 2.63.